The zero-order chi connectivity index (χ0) is 46.3. The molecular formula is C59H104O5. The van der Waals surface area contributed by atoms with Crippen molar-refractivity contribution >= 4 is 11.9 Å². The Morgan fingerprint density at radius 2 is 0.719 bits per heavy atom. The Morgan fingerprint density at radius 3 is 1.20 bits per heavy atom. The van der Waals surface area contributed by atoms with Gasteiger partial charge >= 0.3 is 11.9 Å². The summed E-state index contributed by atoms with van der Waals surface area (Å²) in [6.45, 7) is 7.67. The van der Waals surface area contributed by atoms with Gasteiger partial charge in [-0.25, -0.2) is 0 Å². The van der Waals surface area contributed by atoms with Crippen LogP contribution in [0.25, 0.3) is 0 Å². The van der Waals surface area contributed by atoms with Crippen molar-refractivity contribution in [2.75, 3.05) is 19.8 Å². The third kappa shape index (κ3) is 52.0. The van der Waals surface area contributed by atoms with Crippen LogP contribution in [-0.2, 0) is 23.8 Å². The smallest absolute Gasteiger partial charge is 0.306 e. The van der Waals surface area contributed by atoms with Crippen LogP contribution in [0.15, 0.2) is 72.9 Å². The molecule has 0 aliphatic rings. The summed E-state index contributed by atoms with van der Waals surface area (Å²) in [5.74, 6) is -0.462. The van der Waals surface area contributed by atoms with Crippen molar-refractivity contribution in [2.24, 2.45) is 0 Å². The molecule has 0 amide bonds. The van der Waals surface area contributed by atoms with E-state index in [1.165, 1.54) is 154 Å². The van der Waals surface area contributed by atoms with Gasteiger partial charge in [0.25, 0.3) is 0 Å². The molecule has 0 N–H and O–H groups in total. The first kappa shape index (κ1) is 61.3. The van der Waals surface area contributed by atoms with E-state index in [0.29, 0.717) is 19.4 Å². The molecule has 370 valence electrons. The van der Waals surface area contributed by atoms with Crippen LogP contribution in [0.4, 0.5) is 0 Å². The fraction of sp³-hybridized carbons (Fsp3) is 0.763. The van der Waals surface area contributed by atoms with Crippen molar-refractivity contribution in [3.05, 3.63) is 72.9 Å². The fourth-order valence-corrected chi connectivity index (χ4v) is 7.66. The highest BCUT2D eigenvalue weighted by Crippen LogP contribution is 2.15. The second kappa shape index (κ2) is 54.7. The first-order chi connectivity index (χ1) is 31.6. The van der Waals surface area contributed by atoms with Crippen LogP contribution >= 0.6 is 0 Å². The third-order valence-corrected chi connectivity index (χ3v) is 11.7. The van der Waals surface area contributed by atoms with Gasteiger partial charge in [-0.05, 0) is 83.5 Å². The van der Waals surface area contributed by atoms with E-state index >= 15 is 0 Å². The first-order valence-corrected chi connectivity index (χ1v) is 27.5. The van der Waals surface area contributed by atoms with Crippen molar-refractivity contribution in [3.63, 3.8) is 0 Å². The van der Waals surface area contributed by atoms with E-state index in [-0.39, 0.29) is 25.2 Å². The summed E-state index contributed by atoms with van der Waals surface area (Å²) < 4.78 is 17.4. The predicted octanol–water partition coefficient (Wildman–Crippen LogP) is 18.7. The molecule has 0 fully saturated rings. The highest BCUT2D eigenvalue weighted by atomic mass is 16.6. The number of carbonyl (C=O) groups is 2. The lowest BCUT2D eigenvalue weighted by Gasteiger charge is -2.18. The Kier molecular flexibility index (Phi) is 52.4. The zero-order valence-electron chi connectivity index (χ0n) is 42.5. The fourth-order valence-electron chi connectivity index (χ4n) is 7.66. The summed E-state index contributed by atoms with van der Waals surface area (Å²) in [4.78, 5) is 25.4. The molecule has 0 radical (unpaired) electrons. The monoisotopic (exact) mass is 893 g/mol. The number of carbonyl (C=O) groups excluding carboxylic acids is 2. The van der Waals surface area contributed by atoms with Crippen molar-refractivity contribution in [1.82, 2.24) is 0 Å². The van der Waals surface area contributed by atoms with Crippen molar-refractivity contribution in [3.8, 4) is 0 Å². The van der Waals surface area contributed by atoms with Crippen LogP contribution in [0, 0.1) is 0 Å². The van der Waals surface area contributed by atoms with E-state index in [2.05, 4.69) is 93.7 Å². The minimum absolute atomic E-state index is 0.0548. The summed E-state index contributed by atoms with van der Waals surface area (Å²) in [5, 5.41) is 0. The first-order valence-electron chi connectivity index (χ1n) is 27.5. The minimum atomic E-state index is -0.561. The summed E-state index contributed by atoms with van der Waals surface area (Å²) in [6, 6.07) is 0. The average Bonchev–Trinajstić information content (AvgIpc) is 3.30. The molecule has 0 unspecified atom stereocenters. The lowest BCUT2D eigenvalue weighted by molar-refractivity contribution is -0.163. The van der Waals surface area contributed by atoms with E-state index in [0.717, 1.165) is 77.0 Å². The molecule has 0 heterocycles. The van der Waals surface area contributed by atoms with Gasteiger partial charge in [-0.2, -0.15) is 0 Å². The maximum Gasteiger partial charge on any atom is 0.306 e. The summed E-state index contributed by atoms with van der Waals surface area (Å²) in [7, 11) is 0. The molecule has 0 aliphatic carbocycles. The van der Waals surface area contributed by atoms with Gasteiger partial charge in [-0.3, -0.25) is 9.59 Å². The van der Waals surface area contributed by atoms with Gasteiger partial charge < -0.3 is 14.2 Å². The van der Waals surface area contributed by atoms with Gasteiger partial charge in [0, 0.05) is 19.4 Å². The average molecular weight is 893 g/mol. The molecule has 5 nitrogen and oxygen atoms in total. The molecule has 0 aromatic rings. The van der Waals surface area contributed by atoms with Gasteiger partial charge in [-0.1, -0.05) is 241 Å². The van der Waals surface area contributed by atoms with Crippen molar-refractivity contribution < 1.29 is 23.8 Å². The number of rotatable bonds is 50. The predicted molar refractivity (Wildman–Crippen MR) is 279 cm³/mol. The van der Waals surface area contributed by atoms with Gasteiger partial charge in [0.15, 0.2) is 6.10 Å². The van der Waals surface area contributed by atoms with E-state index in [1.54, 1.807) is 0 Å². The molecule has 1 atom stereocenters. The second-order valence-corrected chi connectivity index (χ2v) is 18.1. The summed E-state index contributed by atoms with van der Waals surface area (Å²) in [6.07, 6.45) is 70.6. The van der Waals surface area contributed by atoms with Crippen molar-refractivity contribution in [1.29, 1.82) is 0 Å². The van der Waals surface area contributed by atoms with Crippen LogP contribution in [0.2, 0.25) is 0 Å². The third-order valence-electron chi connectivity index (χ3n) is 11.7. The quantitative estimate of drug-likeness (QED) is 0.0346. The molecule has 64 heavy (non-hydrogen) atoms. The molecule has 0 aromatic heterocycles. The molecule has 0 saturated heterocycles. The molecular weight excluding hydrogens is 789 g/mol. The second-order valence-electron chi connectivity index (χ2n) is 18.1. The largest absolute Gasteiger partial charge is 0.462 e. The molecule has 0 aliphatic heterocycles. The Hall–Kier alpha value is -2.66. The Bertz CT molecular complexity index is 1150. The van der Waals surface area contributed by atoms with E-state index in [9.17, 15) is 9.59 Å². The van der Waals surface area contributed by atoms with Gasteiger partial charge in [0.1, 0.15) is 6.61 Å². The van der Waals surface area contributed by atoms with E-state index in [1.807, 2.05) is 0 Å². The van der Waals surface area contributed by atoms with Crippen LogP contribution in [-0.4, -0.2) is 37.9 Å². The van der Waals surface area contributed by atoms with E-state index < -0.39 is 6.10 Å². The van der Waals surface area contributed by atoms with Crippen LogP contribution in [0.3, 0.4) is 0 Å². The number of esters is 2. The Morgan fingerprint density at radius 1 is 0.359 bits per heavy atom. The van der Waals surface area contributed by atoms with Gasteiger partial charge in [0.05, 0.1) is 6.61 Å². The SMILES string of the molecule is CC/C=C\C/C=C\C/C=C\C/C=C\C/C=C\CCCC(=O)OC[C@@H](COCCCCCCCCCCCCCCCCCC)OC(=O)CCCCCCCCC/C=C\CCCCCC. The van der Waals surface area contributed by atoms with Crippen molar-refractivity contribution in [2.45, 2.75) is 271 Å². The number of hydrogen-bond donors (Lipinski definition) is 0. The molecule has 0 bridgehead atoms. The maximum atomic E-state index is 12.8. The summed E-state index contributed by atoms with van der Waals surface area (Å²) >= 11 is 0. The van der Waals surface area contributed by atoms with Crippen LogP contribution < -0.4 is 0 Å². The highest BCUT2D eigenvalue weighted by Gasteiger charge is 2.17. The highest BCUT2D eigenvalue weighted by molar-refractivity contribution is 5.70. The number of allylic oxidation sites excluding steroid dienone is 12. The van der Waals surface area contributed by atoms with Gasteiger partial charge in [0.2, 0.25) is 0 Å². The normalized spacial score (nSPS) is 12.7. The zero-order valence-corrected chi connectivity index (χ0v) is 42.5. The van der Waals surface area contributed by atoms with Crippen LogP contribution in [0.1, 0.15) is 265 Å². The topological polar surface area (TPSA) is 61.8 Å². The lowest BCUT2D eigenvalue weighted by Crippen LogP contribution is -2.30. The molecule has 0 spiro atoms. The lowest BCUT2D eigenvalue weighted by atomic mass is 10.0. The van der Waals surface area contributed by atoms with Gasteiger partial charge in [-0.15, -0.1) is 0 Å². The maximum absolute atomic E-state index is 12.8. The number of ether oxygens (including phenoxy) is 3. The Balaban J connectivity index is 4.35. The number of unbranched alkanes of at least 4 members (excludes halogenated alkanes) is 27. The molecule has 5 heteroatoms. The van der Waals surface area contributed by atoms with Crippen LogP contribution in [0.5, 0.6) is 0 Å². The molecule has 0 rings (SSSR count). The Labute approximate surface area is 397 Å². The summed E-state index contributed by atoms with van der Waals surface area (Å²) in [5.41, 5.74) is 0. The van der Waals surface area contributed by atoms with E-state index in [4.69, 9.17) is 14.2 Å². The standard InChI is InChI=1S/C59H104O5/c1-4-7-10-13-16-19-22-25-28-30-32-34-37-40-43-46-49-52-58(60)63-56-57(55-62-54-51-48-45-42-39-36-33-29-26-23-20-17-14-11-8-5-2)64-59(61)53-50-47-44-41-38-35-31-27-24-21-18-15-12-9-6-3/h7,10,16,19,21,24-25,28,32,34,40,43,57H,4-6,8-9,11-15,17-18,20,22-23,26-27,29-31,33,35-39,41-42,44-56H2,1-3H3/b10-7-,19-16-,24-21-,28-25-,34-32-,43-40-/t57-/m1/s1. The minimum Gasteiger partial charge on any atom is -0.462 e. The molecule has 0 saturated carbocycles. The molecule has 0 aromatic carbocycles. The number of hydrogen-bond acceptors (Lipinski definition) is 5.